The minimum absolute atomic E-state index is 0.103. The summed E-state index contributed by atoms with van der Waals surface area (Å²) in [7, 11) is 1.38. The Morgan fingerprint density at radius 2 is 1.91 bits per heavy atom. The van der Waals surface area contributed by atoms with Crippen molar-refractivity contribution in [3.8, 4) is 11.5 Å². The highest BCUT2D eigenvalue weighted by atomic mass is 35.6. The van der Waals surface area contributed by atoms with E-state index in [2.05, 4.69) is 4.74 Å². The Labute approximate surface area is 146 Å². The fourth-order valence-corrected chi connectivity index (χ4v) is 1.52. The summed E-state index contributed by atoms with van der Waals surface area (Å²) in [6.45, 7) is -0.461. The van der Waals surface area contributed by atoms with E-state index in [-0.39, 0.29) is 11.5 Å². The molecule has 0 aliphatic heterocycles. The molecule has 0 fully saturated rings. The van der Waals surface area contributed by atoms with Crippen LogP contribution in [0, 0.1) is 0 Å². The Morgan fingerprint density at radius 3 is 2.45 bits per heavy atom. The van der Waals surface area contributed by atoms with Gasteiger partial charge in [-0.05, 0) is 35.4 Å². The van der Waals surface area contributed by atoms with Crippen LogP contribution in [0.3, 0.4) is 0 Å². The largest absolute Gasteiger partial charge is 0.514 e. The first kappa shape index (κ1) is 18.9. The molecule has 1 aromatic carbocycles. The summed E-state index contributed by atoms with van der Waals surface area (Å²) in [4.78, 5) is 22.1. The van der Waals surface area contributed by atoms with Gasteiger partial charge in [-0.2, -0.15) is 0 Å². The van der Waals surface area contributed by atoms with E-state index >= 15 is 0 Å². The average molecular weight is 388 g/mol. The number of carbonyl (C=O) groups is 2. The van der Waals surface area contributed by atoms with Crippen LogP contribution in [0.25, 0.3) is 6.08 Å². The molecule has 0 N–H and O–H groups in total. The van der Waals surface area contributed by atoms with E-state index in [1.54, 1.807) is 6.07 Å². The molecule has 0 saturated carbocycles. The summed E-state index contributed by atoms with van der Waals surface area (Å²) in [5.74, 6) is 0.348. The van der Waals surface area contributed by atoms with Crippen molar-refractivity contribution >= 4 is 63.9 Å². The Kier molecular flexibility index (Phi) is 7.29. The van der Waals surface area contributed by atoms with Crippen molar-refractivity contribution in [2.75, 3.05) is 13.7 Å². The van der Waals surface area contributed by atoms with E-state index < -0.39 is 21.8 Å². The predicted octanol–water partition coefficient (Wildman–Crippen LogP) is 4.36. The van der Waals surface area contributed by atoms with Crippen molar-refractivity contribution in [3.05, 3.63) is 29.8 Å². The van der Waals surface area contributed by atoms with E-state index in [0.717, 1.165) is 0 Å². The number of carbonyl (C=O) groups excluding carboxylic acids is 2. The molecule has 0 aromatic heterocycles. The molecular weight excluding hydrogens is 378 g/mol. The lowest BCUT2D eigenvalue weighted by Gasteiger charge is -2.12. The zero-order valence-corrected chi connectivity index (χ0v) is 14.2. The molecule has 1 rings (SSSR count). The maximum Gasteiger partial charge on any atom is 0.514 e. The van der Waals surface area contributed by atoms with Crippen LogP contribution in [0.5, 0.6) is 11.5 Å². The lowest BCUT2D eigenvalue weighted by molar-refractivity contribution is -0.107. The number of alkyl halides is 3. The monoisotopic (exact) mass is 386 g/mol. The zero-order chi connectivity index (χ0) is 16.8. The molecule has 0 bridgehead atoms. The van der Waals surface area contributed by atoms with Crippen molar-refractivity contribution in [3.63, 3.8) is 0 Å². The quantitative estimate of drug-likeness (QED) is 0.247. The van der Waals surface area contributed by atoms with Crippen LogP contribution in [0.15, 0.2) is 24.3 Å². The first-order valence-electron chi connectivity index (χ1n) is 5.68. The molecule has 0 aliphatic rings. The van der Waals surface area contributed by atoms with Gasteiger partial charge in [-0.15, -0.1) is 0 Å². The lowest BCUT2D eigenvalue weighted by atomic mass is 10.2. The fraction of sp³-hybridized carbons (Fsp3) is 0.231. The summed E-state index contributed by atoms with van der Waals surface area (Å²) in [6.07, 6.45) is 1.60. The molecule has 0 saturated heterocycles. The van der Waals surface area contributed by atoms with Crippen molar-refractivity contribution in [2.24, 2.45) is 0 Å². The second kappa shape index (κ2) is 8.48. The molecule has 0 heterocycles. The molecular formula is C13H10Cl4O5. The number of halogens is 4. The minimum atomic E-state index is -1.73. The van der Waals surface area contributed by atoms with Crippen LogP contribution in [0.4, 0.5) is 4.79 Å². The van der Waals surface area contributed by atoms with E-state index in [9.17, 15) is 9.59 Å². The first-order valence-corrected chi connectivity index (χ1v) is 7.19. The Morgan fingerprint density at radius 1 is 1.23 bits per heavy atom. The van der Waals surface area contributed by atoms with E-state index in [1.807, 2.05) is 0 Å². The highest BCUT2D eigenvalue weighted by molar-refractivity contribution is 6.67. The minimum Gasteiger partial charge on any atom is -0.493 e. The maximum absolute atomic E-state index is 11.5. The molecule has 0 amide bonds. The third-order valence-electron chi connectivity index (χ3n) is 2.14. The number of rotatable bonds is 5. The van der Waals surface area contributed by atoms with Gasteiger partial charge in [-0.25, -0.2) is 4.79 Å². The number of benzene rings is 1. The standard InChI is InChI=1S/C13H10Cl4O5/c1-20-10-6-8(3-5-11(14)18)2-4-9(10)22-12(19)21-7-13(15,16)17/h2-6H,7H2,1H3/b5-3+. The highest BCUT2D eigenvalue weighted by Gasteiger charge is 2.23. The van der Waals surface area contributed by atoms with Gasteiger partial charge in [-0.1, -0.05) is 46.9 Å². The molecule has 0 atom stereocenters. The predicted molar refractivity (Wildman–Crippen MR) is 85.2 cm³/mol. The summed E-state index contributed by atoms with van der Waals surface area (Å²) in [5.41, 5.74) is 0.618. The number of ether oxygens (including phenoxy) is 3. The highest BCUT2D eigenvalue weighted by Crippen LogP contribution is 2.30. The Hall–Kier alpha value is -1.14. The Bertz CT molecular complexity index is 580. The molecule has 0 unspecified atom stereocenters. The van der Waals surface area contributed by atoms with Gasteiger partial charge in [0.2, 0.25) is 9.03 Å². The number of hydrogen-bond donors (Lipinski definition) is 0. The third kappa shape index (κ3) is 7.22. The van der Waals surface area contributed by atoms with Crippen molar-refractivity contribution < 1.29 is 23.8 Å². The van der Waals surface area contributed by atoms with E-state index in [1.165, 1.54) is 31.4 Å². The number of methoxy groups -OCH3 is 1. The molecule has 0 aliphatic carbocycles. The smallest absolute Gasteiger partial charge is 0.493 e. The van der Waals surface area contributed by atoms with Gasteiger partial charge < -0.3 is 14.2 Å². The average Bonchev–Trinajstić information content (AvgIpc) is 2.43. The van der Waals surface area contributed by atoms with Crippen LogP contribution in [-0.2, 0) is 9.53 Å². The van der Waals surface area contributed by atoms with Crippen molar-refractivity contribution in [1.82, 2.24) is 0 Å². The van der Waals surface area contributed by atoms with Gasteiger partial charge in [0.05, 0.1) is 7.11 Å². The molecule has 120 valence electrons. The van der Waals surface area contributed by atoms with Crippen LogP contribution in [0.1, 0.15) is 5.56 Å². The molecule has 9 heteroatoms. The lowest BCUT2D eigenvalue weighted by Crippen LogP contribution is -2.19. The van der Waals surface area contributed by atoms with Crippen LogP contribution in [-0.4, -0.2) is 28.9 Å². The molecule has 1 aromatic rings. The molecule has 5 nitrogen and oxygen atoms in total. The van der Waals surface area contributed by atoms with Gasteiger partial charge in [0.1, 0.15) is 6.61 Å². The van der Waals surface area contributed by atoms with Gasteiger partial charge in [0, 0.05) is 0 Å². The van der Waals surface area contributed by atoms with Gasteiger partial charge in [0.25, 0.3) is 0 Å². The molecule has 0 spiro atoms. The SMILES string of the molecule is COc1cc(/C=C/C(=O)Cl)ccc1OC(=O)OCC(Cl)(Cl)Cl. The molecule has 0 radical (unpaired) electrons. The van der Waals surface area contributed by atoms with Gasteiger partial charge in [0.15, 0.2) is 11.5 Å². The normalized spacial score (nSPS) is 11.3. The Balaban J connectivity index is 2.78. The fourth-order valence-electron chi connectivity index (χ4n) is 1.29. The summed E-state index contributed by atoms with van der Waals surface area (Å²) in [6, 6.07) is 4.57. The maximum atomic E-state index is 11.5. The zero-order valence-electron chi connectivity index (χ0n) is 11.1. The second-order valence-electron chi connectivity index (χ2n) is 3.80. The van der Waals surface area contributed by atoms with E-state index in [0.29, 0.717) is 5.56 Å². The summed E-state index contributed by atoms with van der Waals surface area (Å²) < 4.78 is 12.9. The van der Waals surface area contributed by atoms with Crippen molar-refractivity contribution in [1.29, 1.82) is 0 Å². The van der Waals surface area contributed by atoms with Gasteiger partial charge >= 0.3 is 6.16 Å². The second-order valence-corrected chi connectivity index (χ2v) is 6.69. The third-order valence-corrected chi connectivity index (χ3v) is 2.59. The number of hydrogen-bond acceptors (Lipinski definition) is 5. The first-order chi connectivity index (χ1) is 10.2. The number of allylic oxidation sites excluding steroid dienone is 1. The van der Waals surface area contributed by atoms with Gasteiger partial charge in [-0.3, -0.25) is 4.79 Å². The topological polar surface area (TPSA) is 61.8 Å². The van der Waals surface area contributed by atoms with Crippen LogP contribution in [0.2, 0.25) is 0 Å². The summed E-state index contributed by atoms with van der Waals surface area (Å²) in [5, 5.41) is -0.616. The van der Waals surface area contributed by atoms with Crippen LogP contribution >= 0.6 is 46.4 Å². The van der Waals surface area contributed by atoms with Crippen molar-refractivity contribution in [2.45, 2.75) is 3.79 Å². The molecule has 22 heavy (non-hydrogen) atoms. The van der Waals surface area contributed by atoms with E-state index in [4.69, 9.17) is 55.9 Å². The van der Waals surface area contributed by atoms with Crippen LogP contribution < -0.4 is 9.47 Å². The summed E-state index contributed by atoms with van der Waals surface area (Å²) >= 11 is 21.5.